The van der Waals surface area contributed by atoms with Crippen molar-refractivity contribution in [2.45, 2.75) is 25.4 Å². The number of halogens is 2. The zero-order valence-electron chi connectivity index (χ0n) is 20.5. The Bertz CT molecular complexity index is 1440. The lowest BCUT2D eigenvalue weighted by Gasteiger charge is -2.16. The maximum atomic E-state index is 14.0. The van der Waals surface area contributed by atoms with Gasteiger partial charge in [-0.25, -0.2) is 13.6 Å². The van der Waals surface area contributed by atoms with E-state index in [1.165, 1.54) is 5.56 Å². The van der Waals surface area contributed by atoms with Gasteiger partial charge in [-0.2, -0.15) is 0 Å². The summed E-state index contributed by atoms with van der Waals surface area (Å²) in [6.07, 6.45) is 4.18. The van der Waals surface area contributed by atoms with Crippen LogP contribution in [0.5, 0.6) is 0 Å². The van der Waals surface area contributed by atoms with Crippen molar-refractivity contribution in [2.75, 3.05) is 14.1 Å². The van der Waals surface area contributed by atoms with E-state index < -0.39 is 35.1 Å². The third-order valence-corrected chi connectivity index (χ3v) is 6.10. The number of nitrogens with zero attached hydrogens (tertiary/aromatic N) is 2. The highest BCUT2D eigenvalue weighted by molar-refractivity contribution is 5.97. The quantitative estimate of drug-likeness (QED) is 0.349. The molecule has 1 atom stereocenters. The molecule has 0 saturated carbocycles. The number of carbonyl (C=O) groups excluding carboxylic acids is 1. The van der Waals surface area contributed by atoms with Gasteiger partial charge in [-0.1, -0.05) is 42.5 Å². The minimum absolute atomic E-state index is 0.0466. The molecule has 4 aromatic rings. The molecule has 4 rings (SSSR count). The molecule has 3 aromatic carbocycles. The van der Waals surface area contributed by atoms with E-state index >= 15 is 0 Å². The Hall–Kier alpha value is -4.17. The van der Waals surface area contributed by atoms with Crippen molar-refractivity contribution < 1.29 is 23.5 Å². The minimum atomic E-state index is -1.36. The smallest absolute Gasteiger partial charge is 0.326 e. The number of aromatic nitrogens is 1. The maximum Gasteiger partial charge on any atom is 0.326 e. The van der Waals surface area contributed by atoms with Gasteiger partial charge in [0.2, 0.25) is 0 Å². The molecule has 0 spiro atoms. The molecule has 6 nitrogen and oxygen atoms in total. The van der Waals surface area contributed by atoms with Gasteiger partial charge in [0, 0.05) is 30.7 Å². The molecule has 0 saturated heterocycles. The first-order valence-electron chi connectivity index (χ1n) is 11.8. The number of amides is 1. The van der Waals surface area contributed by atoms with E-state index in [-0.39, 0.29) is 6.42 Å². The highest BCUT2D eigenvalue weighted by Gasteiger charge is 2.25. The zero-order chi connectivity index (χ0) is 26.5. The number of fused-ring (bicyclic) bond motifs is 1. The summed E-state index contributed by atoms with van der Waals surface area (Å²) in [5, 5.41) is 14.1. The van der Waals surface area contributed by atoms with Crippen LogP contribution in [0.3, 0.4) is 0 Å². The van der Waals surface area contributed by atoms with Crippen molar-refractivity contribution in [1.82, 2.24) is 15.2 Å². The Labute approximate surface area is 213 Å². The van der Waals surface area contributed by atoms with Gasteiger partial charge in [-0.15, -0.1) is 0 Å². The average Bonchev–Trinajstić information content (AvgIpc) is 2.85. The van der Waals surface area contributed by atoms with E-state index in [1.807, 2.05) is 44.6 Å². The summed E-state index contributed by atoms with van der Waals surface area (Å²) in [7, 11) is 4.04. The van der Waals surface area contributed by atoms with Crippen molar-refractivity contribution in [1.29, 1.82) is 0 Å². The number of carboxylic acid groups (broad SMARTS) is 1. The molecule has 1 aromatic heterocycles. The largest absolute Gasteiger partial charge is 0.480 e. The van der Waals surface area contributed by atoms with Crippen LogP contribution < -0.4 is 5.32 Å². The third-order valence-electron chi connectivity index (χ3n) is 6.10. The van der Waals surface area contributed by atoms with Gasteiger partial charge >= 0.3 is 5.97 Å². The molecule has 1 heterocycles. The normalized spacial score (nSPS) is 12.0. The van der Waals surface area contributed by atoms with Crippen molar-refractivity contribution in [3.63, 3.8) is 0 Å². The number of carbonyl (C=O) groups is 2. The number of nitrogens with one attached hydrogen (secondary N) is 1. The van der Waals surface area contributed by atoms with Gasteiger partial charge in [0.25, 0.3) is 5.91 Å². The minimum Gasteiger partial charge on any atom is -0.480 e. The number of benzene rings is 3. The molecule has 0 aliphatic rings. The second kappa shape index (κ2) is 11.3. The molecule has 0 unspecified atom stereocenters. The van der Waals surface area contributed by atoms with Crippen LogP contribution in [0.1, 0.15) is 32.6 Å². The van der Waals surface area contributed by atoms with Crippen molar-refractivity contribution in [3.8, 4) is 0 Å². The van der Waals surface area contributed by atoms with Crippen LogP contribution in [0.25, 0.3) is 10.8 Å². The Morgan fingerprint density at radius 1 is 0.946 bits per heavy atom. The lowest BCUT2D eigenvalue weighted by molar-refractivity contribution is -0.139. The number of aliphatic carboxylic acids is 1. The van der Waals surface area contributed by atoms with E-state index in [2.05, 4.69) is 27.3 Å². The summed E-state index contributed by atoms with van der Waals surface area (Å²) >= 11 is 0. The summed E-state index contributed by atoms with van der Waals surface area (Å²) in [4.78, 5) is 30.7. The van der Waals surface area contributed by atoms with Crippen molar-refractivity contribution in [2.24, 2.45) is 0 Å². The number of rotatable bonds is 9. The molecule has 8 heteroatoms. The lowest BCUT2D eigenvalue weighted by atomic mass is 9.95. The number of hydrogen-bond donors (Lipinski definition) is 2. The fourth-order valence-electron chi connectivity index (χ4n) is 4.41. The van der Waals surface area contributed by atoms with Crippen LogP contribution in [0, 0.1) is 11.6 Å². The maximum absolute atomic E-state index is 14.0. The Morgan fingerprint density at radius 3 is 2.32 bits per heavy atom. The van der Waals surface area contributed by atoms with Crippen molar-refractivity contribution in [3.05, 3.63) is 113 Å². The first-order chi connectivity index (χ1) is 17.7. The predicted octanol–water partition coefficient (Wildman–Crippen LogP) is 4.59. The lowest BCUT2D eigenvalue weighted by Crippen LogP contribution is -2.43. The summed E-state index contributed by atoms with van der Waals surface area (Å²) in [5.41, 5.74) is 3.11. The second-order valence-electron chi connectivity index (χ2n) is 9.20. The summed E-state index contributed by atoms with van der Waals surface area (Å²) in [6.45, 7) is 0.801. The van der Waals surface area contributed by atoms with Gasteiger partial charge in [-0.05, 0) is 66.4 Å². The standard InChI is InChI=1S/C29H27F2N3O3/c1-34(2)17-21-10-9-20(23-16-32-12-11-22(21)23)14-18-5-3-6-19(13-18)15-26(29(36)37)33-28(35)27-24(30)7-4-8-25(27)31/h3-13,16,26H,14-15,17H2,1-2H3,(H,33,35)(H,36,37)/t26-/m0/s1. The average molecular weight is 504 g/mol. The van der Waals surface area contributed by atoms with Gasteiger partial charge < -0.3 is 15.3 Å². The van der Waals surface area contributed by atoms with Crippen LogP contribution in [0.2, 0.25) is 0 Å². The fourth-order valence-corrected chi connectivity index (χ4v) is 4.41. The van der Waals surface area contributed by atoms with E-state index in [4.69, 9.17) is 0 Å². The summed E-state index contributed by atoms with van der Waals surface area (Å²) in [5.74, 6) is -4.52. The monoisotopic (exact) mass is 503 g/mol. The Kier molecular flexibility index (Phi) is 7.89. The topological polar surface area (TPSA) is 82.5 Å². The highest BCUT2D eigenvalue weighted by Crippen LogP contribution is 2.25. The van der Waals surface area contributed by atoms with Gasteiger partial charge in [0.1, 0.15) is 23.2 Å². The molecule has 0 aliphatic heterocycles. The number of hydrogen-bond acceptors (Lipinski definition) is 4. The fraction of sp³-hybridized carbons (Fsp3) is 0.207. The first-order valence-corrected chi connectivity index (χ1v) is 11.8. The molecule has 37 heavy (non-hydrogen) atoms. The molecule has 1 amide bonds. The molecule has 0 fully saturated rings. The van der Waals surface area contributed by atoms with Crippen molar-refractivity contribution >= 4 is 22.6 Å². The van der Waals surface area contributed by atoms with Gasteiger partial charge in [0.15, 0.2) is 0 Å². The van der Waals surface area contributed by atoms with Crippen LogP contribution in [0.15, 0.2) is 73.1 Å². The second-order valence-corrected chi connectivity index (χ2v) is 9.20. The molecule has 2 N–H and O–H groups in total. The van der Waals surface area contributed by atoms with Crippen LogP contribution in [-0.4, -0.2) is 47.0 Å². The van der Waals surface area contributed by atoms with Crippen LogP contribution in [0.4, 0.5) is 8.78 Å². The molecule has 0 radical (unpaired) electrons. The van der Waals surface area contributed by atoms with E-state index in [1.54, 1.807) is 12.3 Å². The third kappa shape index (κ3) is 6.16. The Morgan fingerprint density at radius 2 is 1.62 bits per heavy atom. The van der Waals surface area contributed by atoms with E-state index in [9.17, 15) is 23.5 Å². The SMILES string of the molecule is CN(C)Cc1ccc(Cc2cccc(C[C@H](NC(=O)c3c(F)cccc3F)C(=O)O)c2)c2cnccc12. The number of carboxylic acids is 1. The summed E-state index contributed by atoms with van der Waals surface area (Å²) < 4.78 is 28.0. The van der Waals surface area contributed by atoms with Gasteiger partial charge in [-0.3, -0.25) is 9.78 Å². The number of pyridine rings is 1. The van der Waals surface area contributed by atoms with E-state index in [0.29, 0.717) is 12.0 Å². The molecular formula is C29H27F2N3O3. The van der Waals surface area contributed by atoms with Gasteiger partial charge in [0.05, 0.1) is 0 Å². The van der Waals surface area contributed by atoms with E-state index in [0.717, 1.165) is 46.6 Å². The Balaban J connectivity index is 1.55. The molecule has 190 valence electrons. The van der Waals surface area contributed by atoms with Crippen LogP contribution >= 0.6 is 0 Å². The zero-order valence-corrected chi connectivity index (χ0v) is 20.5. The highest BCUT2D eigenvalue weighted by atomic mass is 19.1. The molecular weight excluding hydrogens is 476 g/mol. The van der Waals surface area contributed by atoms with Crippen LogP contribution in [-0.2, 0) is 24.2 Å². The molecule has 0 bridgehead atoms. The first kappa shape index (κ1) is 25.9. The summed E-state index contributed by atoms with van der Waals surface area (Å²) in [6, 6.07) is 15.3. The molecule has 0 aliphatic carbocycles. The predicted molar refractivity (Wildman–Crippen MR) is 137 cm³/mol.